The van der Waals surface area contributed by atoms with Crippen molar-refractivity contribution >= 4 is 44.6 Å². The summed E-state index contributed by atoms with van der Waals surface area (Å²) in [4.78, 5) is 36.6. The van der Waals surface area contributed by atoms with E-state index in [1.165, 1.54) is 18.2 Å². The summed E-state index contributed by atoms with van der Waals surface area (Å²) in [5.41, 5.74) is -0.216. The molecule has 160 valence electrons. The number of carbonyl (C=O) groups is 2. The van der Waals surface area contributed by atoms with Crippen LogP contribution in [0.1, 0.15) is 34.6 Å². The summed E-state index contributed by atoms with van der Waals surface area (Å²) in [5, 5.41) is 13.7. The summed E-state index contributed by atoms with van der Waals surface area (Å²) in [6.45, 7) is 4.71. The summed E-state index contributed by atoms with van der Waals surface area (Å²) in [5.74, 6) is -1.01. The zero-order chi connectivity index (χ0) is 22.6. The first-order valence-corrected chi connectivity index (χ1v) is 11.1. The number of benzene rings is 2. The van der Waals surface area contributed by atoms with E-state index in [0.717, 1.165) is 24.5 Å². The number of sulfone groups is 1. The molecule has 11 heteroatoms. The van der Waals surface area contributed by atoms with Gasteiger partial charge >= 0.3 is 0 Å². The van der Waals surface area contributed by atoms with E-state index < -0.39 is 26.4 Å². The summed E-state index contributed by atoms with van der Waals surface area (Å²) in [6.07, 6.45) is 0.888. The van der Waals surface area contributed by atoms with Gasteiger partial charge in [-0.25, -0.2) is 8.42 Å². The average Bonchev–Trinajstić information content (AvgIpc) is 2.67. The Morgan fingerprint density at radius 1 is 1.13 bits per heavy atom. The Morgan fingerprint density at radius 2 is 1.77 bits per heavy atom. The number of halogens is 1. The van der Waals surface area contributed by atoms with Gasteiger partial charge < -0.3 is 10.2 Å². The largest absolute Gasteiger partial charge is 0.339 e. The predicted molar refractivity (Wildman–Crippen MR) is 113 cm³/mol. The lowest BCUT2D eigenvalue weighted by atomic mass is 10.1. The van der Waals surface area contributed by atoms with Gasteiger partial charge in [0.15, 0.2) is 9.84 Å². The fraction of sp³-hybridized carbons (Fsp3) is 0.263. The van der Waals surface area contributed by atoms with E-state index in [1.807, 2.05) is 13.8 Å². The number of nitro benzene ring substituents is 1. The van der Waals surface area contributed by atoms with Crippen LogP contribution in [0.2, 0.25) is 5.02 Å². The molecular formula is C19H20ClN3O6S. The summed E-state index contributed by atoms with van der Waals surface area (Å²) in [6, 6.07) is 7.23. The Bertz CT molecular complexity index is 1110. The second-order valence-electron chi connectivity index (χ2n) is 6.37. The van der Waals surface area contributed by atoms with Crippen LogP contribution in [0.15, 0.2) is 41.3 Å². The van der Waals surface area contributed by atoms with Gasteiger partial charge in [-0.15, -0.1) is 0 Å². The minimum Gasteiger partial charge on any atom is -0.339 e. The van der Waals surface area contributed by atoms with Gasteiger partial charge in [0.05, 0.1) is 20.4 Å². The van der Waals surface area contributed by atoms with Crippen LogP contribution in [-0.2, 0) is 9.84 Å². The highest BCUT2D eigenvalue weighted by molar-refractivity contribution is 7.90. The van der Waals surface area contributed by atoms with E-state index in [1.54, 1.807) is 4.90 Å². The van der Waals surface area contributed by atoms with Gasteiger partial charge in [-0.05, 0) is 38.1 Å². The maximum Gasteiger partial charge on any atom is 0.271 e. The van der Waals surface area contributed by atoms with Crippen LogP contribution in [0.25, 0.3) is 0 Å². The van der Waals surface area contributed by atoms with Crippen LogP contribution < -0.4 is 5.32 Å². The fourth-order valence-corrected chi connectivity index (χ4v) is 3.62. The van der Waals surface area contributed by atoms with Crippen LogP contribution >= 0.6 is 11.6 Å². The van der Waals surface area contributed by atoms with Gasteiger partial charge in [0.2, 0.25) is 0 Å². The number of hydrogen-bond donors (Lipinski definition) is 1. The van der Waals surface area contributed by atoms with Crippen molar-refractivity contribution in [1.29, 1.82) is 0 Å². The van der Waals surface area contributed by atoms with Crippen molar-refractivity contribution in [2.45, 2.75) is 18.7 Å². The molecule has 0 fully saturated rings. The van der Waals surface area contributed by atoms with Crippen molar-refractivity contribution in [3.8, 4) is 0 Å². The molecule has 0 aliphatic heterocycles. The molecule has 0 saturated heterocycles. The van der Waals surface area contributed by atoms with Crippen molar-refractivity contribution in [2.75, 3.05) is 24.7 Å². The Morgan fingerprint density at radius 3 is 2.27 bits per heavy atom. The SMILES string of the molecule is CCN(CC)C(=O)c1ccc(NC(=O)c2cc([N+](=O)[O-])cc(S(C)(=O)=O)c2)cc1Cl. The maximum atomic E-state index is 12.6. The minimum atomic E-state index is -3.77. The number of non-ortho nitro benzene ring substituents is 1. The van der Waals surface area contributed by atoms with Gasteiger partial charge in [0.1, 0.15) is 0 Å². The minimum absolute atomic E-state index is 0.126. The van der Waals surface area contributed by atoms with E-state index in [4.69, 9.17) is 11.6 Å². The Labute approximate surface area is 178 Å². The summed E-state index contributed by atoms with van der Waals surface area (Å²) < 4.78 is 23.6. The summed E-state index contributed by atoms with van der Waals surface area (Å²) in [7, 11) is -3.77. The quantitative estimate of drug-likeness (QED) is 0.505. The molecule has 0 bridgehead atoms. The zero-order valence-corrected chi connectivity index (χ0v) is 18.1. The predicted octanol–water partition coefficient (Wildman–Crippen LogP) is 3.39. The number of hydrogen-bond acceptors (Lipinski definition) is 6. The second-order valence-corrected chi connectivity index (χ2v) is 8.79. The third kappa shape index (κ3) is 5.33. The average molecular weight is 454 g/mol. The lowest BCUT2D eigenvalue weighted by Gasteiger charge is -2.19. The van der Waals surface area contributed by atoms with E-state index >= 15 is 0 Å². The molecule has 0 saturated carbocycles. The number of rotatable bonds is 7. The number of nitro groups is 1. The first kappa shape index (κ1) is 23.3. The maximum absolute atomic E-state index is 12.6. The number of amides is 2. The van der Waals surface area contributed by atoms with Crippen molar-refractivity contribution in [1.82, 2.24) is 4.90 Å². The zero-order valence-electron chi connectivity index (χ0n) is 16.5. The van der Waals surface area contributed by atoms with Gasteiger partial charge in [-0.1, -0.05) is 11.6 Å². The highest BCUT2D eigenvalue weighted by atomic mass is 35.5. The molecule has 2 aromatic carbocycles. The molecule has 2 aromatic rings. The van der Waals surface area contributed by atoms with Gasteiger partial charge in [0.25, 0.3) is 17.5 Å². The van der Waals surface area contributed by atoms with Crippen LogP contribution in [0.4, 0.5) is 11.4 Å². The number of carbonyl (C=O) groups excluding carboxylic acids is 2. The van der Waals surface area contributed by atoms with E-state index in [9.17, 15) is 28.1 Å². The van der Waals surface area contributed by atoms with Crippen LogP contribution in [0.3, 0.4) is 0 Å². The highest BCUT2D eigenvalue weighted by Crippen LogP contribution is 2.25. The Balaban J connectivity index is 2.34. The monoisotopic (exact) mass is 453 g/mol. The lowest BCUT2D eigenvalue weighted by molar-refractivity contribution is -0.385. The summed E-state index contributed by atoms with van der Waals surface area (Å²) >= 11 is 6.20. The molecule has 30 heavy (non-hydrogen) atoms. The number of anilines is 1. The highest BCUT2D eigenvalue weighted by Gasteiger charge is 2.20. The second kappa shape index (κ2) is 9.23. The number of nitrogens with zero attached hydrogens (tertiary/aromatic N) is 2. The van der Waals surface area contributed by atoms with Crippen molar-refractivity contribution < 1.29 is 22.9 Å². The molecule has 1 N–H and O–H groups in total. The van der Waals surface area contributed by atoms with Crippen molar-refractivity contribution in [3.05, 3.63) is 62.7 Å². The van der Waals surface area contributed by atoms with E-state index in [0.29, 0.717) is 13.1 Å². The normalized spacial score (nSPS) is 11.1. The van der Waals surface area contributed by atoms with Crippen LogP contribution in [0, 0.1) is 10.1 Å². The van der Waals surface area contributed by atoms with Crippen molar-refractivity contribution in [3.63, 3.8) is 0 Å². The van der Waals surface area contributed by atoms with Gasteiger partial charge in [0, 0.05) is 42.7 Å². The molecule has 0 heterocycles. The molecule has 0 unspecified atom stereocenters. The Hall–Kier alpha value is -2.98. The fourth-order valence-electron chi connectivity index (χ4n) is 2.68. The molecule has 0 aliphatic rings. The third-order valence-electron chi connectivity index (χ3n) is 4.30. The molecule has 0 spiro atoms. The molecule has 0 atom stereocenters. The molecule has 2 amide bonds. The smallest absolute Gasteiger partial charge is 0.271 e. The molecule has 0 radical (unpaired) electrons. The standard InChI is InChI=1S/C19H20ClN3O6S/c1-4-22(5-2)19(25)16-7-6-13(10-17(16)20)21-18(24)12-8-14(23(26)27)11-15(9-12)30(3,28)29/h6-11H,4-5H2,1-3H3,(H,21,24). The van der Waals surface area contributed by atoms with E-state index in [2.05, 4.69) is 5.32 Å². The lowest BCUT2D eigenvalue weighted by Crippen LogP contribution is -2.30. The molecule has 2 rings (SSSR count). The van der Waals surface area contributed by atoms with Crippen molar-refractivity contribution in [2.24, 2.45) is 0 Å². The van der Waals surface area contributed by atoms with Gasteiger partial charge in [-0.3, -0.25) is 19.7 Å². The van der Waals surface area contributed by atoms with Crippen LogP contribution in [0.5, 0.6) is 0 Å². The van der Waals surface area contributed by atoms with E-state index in [-0.39, 0.29) is 32.6 Å². The van der Waals surface area contributed by atoms with Crippen LogP contribution in [-0.4, -0.2) is 49.4 Å². The first-order valence-electron chi connectivity index (χ1n) is 8.87. The molecule has 0 aromatic heterocycles. The molecule has 9 nitrogen and oxygen atoms in total. The topological polar surface area (TPSA) is 127 Å². The first-order chi connectivity index (χ1) is 14.0. The van der Waals surface area contributed by atoms with Gasteiger partial charge in [-0.2, -0.15) is 0 Å². The molecular weight excluding hydrogens is 434 g/mol. The number of nitrogens with one attached hydrogen (secondary N) is 1. The molecule has 0 aliphatic carbocycles. The third-order valence-corrected chi connectivity index (χ3v) is 5.71. The Kier molecular flexibility index (Phi) is 7.16.